The van der Waals surface area contributed by atoms with Gasteiger partial charge in [0, 0.05) is 37.2 Å². The van der Waals surface area contributed by atoms with Gasteiger partial charge in [-0.3, -0.25) is 0 Å². The maximum Gasteiger partial charge on any atom is 0.251 e. The third-order valence-corrected chi connectivity index (χ3v) is 7.25. The van der Waals surface area contributed by atoms with Gasteiger partial charge in [0.05, 0.1) is 0 Å². The van der Waals surface area contributed by atoms with Gasteiger partial charge < -0.3 is 25.2 Å². The average molecular weight is 468 g/mol. The number of anilines is 3. The van der Waals surface area contributed by atoms with Gasteiger partial charge in [0.2, 0.25) is 0 Å². The molecule has 2 fully saturated rings. The van der Waals surface area contributed by atoms with Gasteiger partial charge in [-0.05, 0) is 80.5 Å². The molecule has 2 aromatic rings. The lowest BCUT2D eigenvalue weighted by atomic mass is 9.89. The summed E-state index contributed by atoms with van der Waals surface area (Å²) in [7, 11) is 2.16. The van der Waals surface area contributed by atoms with Crippen molar-refractivity contribution in [3.63, 3.8) is 0 Å². The number of likely N-dealkylation sites (tertiary alicyclic amines) is 1. The van der Waals surface area contributed by atoms with Crippen molar-refractivity contribution in [2.45, 2.75) is 43.6 Å². The van der Waals surface area contributed by atoms with E-state index >= 15 is 0 Å². The van der Waals surface area contributed by atoms with Crippen molar-refractivity contribution in [1.29, 1.82) is 0 Å². The number of aromatic nitrogens is 1. The molecule has 6 nitrogen and oxygen atoms in total. The Balaban J connectivity index is 1.42. The molecule has 2 saturated heterocycles. The number of carbonyl (C=O) groups excluding carboxylic acids is 1. The van der Waals surface area contributed by atoms with Crippen molar-refractivity contribution >= 4 is 29.7 Å². The maximum atomic E-state index is 13.7. The molecule has 8 heteroatoms. The van der Waals surface area contributed by atoms with Crippen molar-refractivity contribution in [3.8, 4) is 0 Å². The maximum absolute atomic E-state index is 13.7. The number of nitrogens with zero attached hydrogens (tertiary/aromatic N) is 3. The molecule has 3 aliphatic rings. The number of pyridine rings is 1. The van der Waals surface area contributed by atoms with Crippen LogP contribution in [0.15, 0.2) is 36.5 Å². The fourth-order valence-electron chi connectivity index (χ4n) is 5.10. The number of halogens is 2. The molecular formula is C26H31F2N5O. The molecule has 1 unspecified atom stereocenters. The molecule has 0 aliphatic carbocycles. The van der Waals surface area contributed by atoms with Crippen LogP contribution in [0.1, 0.15) is 54.3 Å². The third-order valence-electron chi connectivity index (χ3n) is 7.25. The van der Waals surface area contributed by atoms with Crippen molar-refractivity contribution < 1.29 is 13.6 Å². The van der Waals surface area contributed by atoms with Crippen LogP contribution in [0.3, 0.4) is 0 Å². The normalized spacial score (nSPS) is 22.7. The van der Waals surface area contributed by atoms with E-state index < -0.39 is 12.0 Å². The van der Waals surface area contributed by atoms with Crippen molar-refractivity contribution in [2.24, 2.45) is 0 Å². The zero-order valence-corrected chi connectivity index (χ0v) is 19.4. The summed E-state index contributed by atoms with van der Waals surface area (Å²) in [5, 5.41) is 6.47. The van der Waals surface area contributed by atoms with E-state index in [0.29, 0.717) is 17.6 Å². The number of fused-ring (bicyclic) bond motifs is 1. The Bertz CT molecular complexity index is 1050. The van der Waals surface area contributed by atoms with E-state index in [1.165, 1.54) is 5.56 Å². The second-order valence-corrected chi connectivity index (χ2v) is 9.61. The van der Waals surface area contributed by atoms with E-state index in [9.17, 15) is 13.6 Å². The lowest BCUT2D eigenvalue weighted by Crippen LogP contribution is -2.40. The first-order chi connectivity index (χ1) is 16.4. The number of alkyl halides is 2. The van der Waals surface area contributed by atoms with Gasteiger partial charge in [-0.1, -0.05) is 12.1 Å². The van der Waals surface area contributed by atoms with E-state index in [2.05, 4.69) is 46.8 Å². The summed E-state index contributed by atoms with van der Waals surface area (Å²) in [4.78, 5) is 20.8. The largest absolute Gasteiger partial charge is 0.378 e. The molecule has 0 spiro atoms. The highest BCUT2D eigenvalue weighted by Gasteiger charge is 2.35. The van der Waals surface area contributed by atoms with E-state index in [4.69, 9.17) is 4.98 Å². The summed E-state index contributed by atoms with van der Waals surface area (Å²) in [5.41, 5.74) is 3.85. The first kappa shape index (κ1) is 22.8. The van der Waals surface area contributed by atoms with E-state index in [0.717, 1.165) is 49.0 Å². The standard InChI is InChI=1S/C26H31F2N5O/c1-32-12-7-19(8-13-32)18-2-4-21(5-3-18)30-25-24-20(6-11-29-22(24)17-34)16-23(31-25)33-14-9-26(27,28)10-15-33/h2-6,11,16-17,19,22,29H,7-10,12-15H2,1H3,(H,30,31). The average Bonchev–Trinajstić information content (AvgIpc) is 2.84. The summed E-state index contributed by atoms with van der Waals surface area (Å²) in [6, 6.07) is 9.80. The molecule has 0 saturated carbocycles. The molecule has 3 aliphatic heterocycles. The molecule has 1 aromatic carbocycles. The van der Waals surface area contributed by atoms with Crippen LogP contribution in [0, 0.1) is 0 Å². The van der Waals surface area contributed by atoms with Crippen LogP contribution in [0.5, 0.6) is 0 Å². The second kappa shape index (κ2) is 9.33. The molecule has 5 rings (SSSR count). The smallest absolute Gasteiger partial charge is 0.251 e. The number of hydrogen-bond acceptors (Lipinski definition) is 6. The fourth-order valence-corrected chi connectivity index (χ4v) is 5.10. The number of benzene rings is 1. The lowest BCUT2D eigenvalue weighted by Gasteiger charge is -2.34. The van der Waals surface area contributed by atoms with Crippen molar-refractivity contribution in [2.75, 3.05) is 43.4 Å². The Kier molecular flexibility index (Phi) is 6.25. The molecule has 0 radical (unpaired) electrons. The number of hydrogen-bond donors (Lipinski definition) is 2. The number of aldehydes is 1. The first-order valence-electron chi connectivity index (χ1n) is 12.0. The topological polar surface area (TPSA) is 60.5 Å². The number of nitrogens with one attached hydrogen (secondary N) is 2. The Hall–Kier alpha value is -3.00. The molecule has 34 heavy (non-hydrogen) atoms. The van der Waals surface area contributed by atoms with E-state index in [1.54, 1.807) is 6.20 Å². The van der Waals surface area contributed by atoms with Crippen molar-refractivity contribution in [1.82, 2.24) is 15.2 Å². The molecule has 0 amide bonds. The number of carbonyl (C=O) groups is 1. The van der Waals surface area contributed by atoms with E-state index in [1.807, 2.05) is 17.0 Å². The first-order valence-corrected chi connectivity index (χ1v) is 12.0. The zero-order chi connectivity index (χ0) is 23.7. The third kappa shape index (κ3) is 4.78. The molecule has 4 heterocycles. The minimum atomic E-state index is -2.62. The van der Waals surface area contributed by atoms with Crippen LogP contribution in [0.2, 0.25) is 0 Å². The predicted octanol–water partition coefficient (Wildman–Crippen LogP) is 4.68. The van der Waals surface area contributed by atoms with Crippen molar-refractivity contribution in [3.05, 3.63) is 53.2 Å². The van der Waals surface area contributed by atoms with E-state index in [-0.39, 0.29) is 25.9 Å². The SMILES string of the molecule is CN1CCC(c2ccc(Nc3nc(N4CCC(F)(F)CC4)cc4c3C(C=O)NC=C4)cc2)CC1. The molecule has 180 valence electrons. The zero-order valence-electron chi connectivity index (χ0n) is 19.4. The fraction of sp³-hybridized carbons (Fsp3) is 0.462. The van der Waals surface area contributed by atoms with Gasteiger partial charge in [0.1, 0.15) is 24.0 Å². The Morgan fingerprint density at radius 1 is 1.12 bits per heavy atom. The van der Waals surface area contributed by atoms with Crippen LogP contribution in [0.4, 0.5) is 26.1 Å². The number of rotatable bonds is 5. The van der Waals surface area contributed by atoms with Crippen LogP contribution in [-0.4, -0.2) is 55.3 Å². The Labute approximate surface area is 199 Å². The summed E-state index contributed by atoms with van der Waals surface area (Å²) < 4.78 is 27.4. The van der Waals surface area contributed by atoms with Crippen LogP contribution < -0.4 is 15.5 Å². The molecule has 2 N–H and O–H groups in total. The Morgan fingerprint density at radius 2 is 1.82 bits per heavy atom. The highest BCUT2D eigenvalue weighted by Crippen LogP contribution is 2.36. The summed E-state index contributed by atoms with van der Waals surface area (Å²) in [6.45, 7) is 2.73. The molecular weight excluding hydrogens is 436 g/mol. The van der Waals surface area contributed by atoms with Crippen LogP contribution in [0.25, 0.3) is 6.08 Å². The van der Waals surface area contributed by atoms with Gasteiger partial charge in [0.15, 0.2) is 0 Å². The van der Waals surface area contributed by atoms with Gasteiger partial charge in [-0.15, -0.1) is 0 Å². The lowest BCUT2D eigenvalue weighted by molar-refractivity contribution is -0.109. The van der Waals surface area contributed by atoms with Gasteiger partial charge >= 0.3 is 0 Å². The molecule has 1 atom stereocenters. The summed E-state index contributed by atoms with van der Waals surface area (Å²) >= 11 is 0. The monoisotopic (exact) mass is 467 g/mol. The molecule has 1 aromatic heterocycles. The van der Waals surface area contributed by atoms with Gasteiger partial charge in [0.25, 0.3) is 5.92 Å². The summed E-state index contributed by atoms with van der Waals surface area (Å²) in [5.74, 6) is -0.819. The Morgan fingerprint density at radius 3 is 2.50 bits per heavy atom. The highest BCUT2D eigenvalue weighted by atomic mass is 19.3. The second-order valence-electron chi connectivity index (χ2n) is 9.61. The van der Waals surface area contributed by atoms with Gasteiger partial charge in [-0.2, -0.15) is 0 Å². The quantitative estimate of drug-likeness (QED) is 0.623. The molecule has 0 bridgehead atoms. The highest BCUT2D eigenvalue weighted by molar-refractivity contribution is 5.78. The number of piperidine rings is 2. The van der Waals surface area contributed by atoms with Crippen LogP contribution in [-0.2, 0) is 4.79 Å². The minimum Gasteiger partial charge on any atom is -0.378 e. The summed E-state index contributed by atoms with van der Waals surface area (Å²) in [6.07, 6.45) is 6.47. The predicted molar refractivity (Wildman–Crippen MR) is 131 cm³/mol. The van der Waals surface area contributed by atoms with Gasteiger partial charge in [-0.25, -0.2) is 13.8 Å². The minimum absolute atomic E-state index is 0.179. The van der Waals surface area contributed by atoms with Crippen LogP contribution >= 0.6 is 0 Å².